The Morgan fingerprint density at radius 2 is 2.00 bits per heavy atom. The number of aryl methyl sites for hydroxylation is 1. The van der Waals surface area contributed by atoms with E-state index in [0.29, 0.717) is 5.16 Å². The van der Waals surface area contributed by atoms with Crippen molar-refractivity contribution in [2.45, 2.75) is 12.1 Å². The number of nitrogens with one attached hydrogen (secondary N) is 1. The Labute approximate surface area is 158 Å². The second-order valence-electron chi connectivity index (χ2n) is 5.36. The number of rotatable bonds is 5. The van der Waals surface area contributed by atoms with Gasteiger partial charge in [-0.1, -0.05) is 47.6 Å². The van der Waals surface area contributed by atoms with E-state index >= 15 is 0 Å². The van der Waals surface area contributed by atoms with Crippen LogP contribution >= 0.6 is 23.4 Å². The van der Waals surface area contributed by atoms with Gasteiger partial charge in [0.1, 0.15) is 0 Å². The predicted molar refractivity (Wildman–Crippen MR) is 98.5 cm³/mol. The van der Waals surface area contributed by atoms with Crippen molar-refractivity contribution in [2.75, 3.05) is 5.75 Å². The van der Waals surface area contributed by atoms with E-state index in [1.165, 1.54) is 0 Å². The van der Waals surface area contributed by atoms with Gasteiger partial charge >= 0.3 is 0 Å². The summed E-state index contributed by atoms with van der Waals surface area (Å²) in [7, 11) is 0. The molecule has 0 aliphatic rings. The summed E-state index contributed by atoms with van der Waals surface area (Å²) in [5.41, 5.74) is 2.11. The fourth-order valence-electron chi connectivity index (χ4n) is 2.20. The van der Waals surface area contributed by atoms with Gasteiger partial charge in [-0.05, 0) is 47.2 Å². The molecule has 2 aromatic carbocycles. The maximum atomic E-state index is 12.1. The SMILES string of the molecule is Cc1cccc(-n2nnnc2SCC(=O)NC(=O)c2ccccc2Cl)c1. The molecule has 3 aromatic rings. The monoisotopic (exact) mass is 387 g/mol. The van der Waals surface area contributed by atoms with Crippen molar-refractivity contribution in [1.82, 2.24) is 25.5 Å². The van der Waals surface area contributed by atoms with Crippen LogP contribution in [0.4, 0.5) is 0 Å². The molecule has 26 heavy (non-hydrogen) atoms. The quantitative estimate of drug-likeness (QED) is 0.677. The highest BCUT2D eigenvalue weighted by molar-refractivity contribution is 7.99. The lowest BCUT2D eigenvalue weighted by Gasteiger charge is -2.06. The lowest BCUT2D eigenvalue weighted by atomic mass is 10.2. The fourth-order valence-corrected chi connectivity index (χ4v) is 3.11. The number of tetrazole rings is 1. The van der Waals surface area contributed by atoms with Crippen LogP contribution in [0.15, 0.2) is 53.7 Å². The average Bonchev–Trinajstić information content (AvgIpc) is 3.09. The first-order chi connectivity index (χ1) is 12.5. The number of nitrogens with zero attached hydrogens (tertiary/aromatic N) is 4. The molecule has 0 saturated carbocycles. The average molecular weight is 388 g/mol. The number of halogens is 1. The molecular weight excluding hydrogens is 374 g/mol. The first kappa shape index (κ1) is 18.1. The molecule has 1 aromatic heterocycles. The standard InChI is InChI=1S/C17H14ClN5O2S/c1-11-5-4-6-12(9-11)23-17(20-21-22-23)26-10-15(24)19-16(25)13-7-2-3-8-14(13)18/h2-9H,10H2,1H3,(H,19,24,25). The number of benzene rings is 2. The summed E-state index contributed by atoms with van der Waals surface area (Å²) in [5.74, 6) is -1.01. The molecule has 0 saturated heterocycles. The van der Waals surface area contributed by atoms with E-state index in [4.69, 9.17) is 11.6 Å². The van der Waals surface area contributed by atoms with Crippen LogP contribution in [-0.4, -0.2) is 37.8 Å². The Hall–Kier alpha value is -2.71. The molecule has 0 atom stereocenters. The Morgan fingerprint density at radius 1 is 1.19 bits per heavy atom. The van der Waals surface area contributed by atoms with Crippen molar-refractivity contribution in [3.05, 3.63) is 64.7 Å². The minimum absolute atomic E-state index is 0.0115. The molecule has 0 unspecified atom stereocenters. The lowest BCUT2D eigenvalue weighted by Crippen LogP contribution is -2.32. The first-order valence-corrected chi connectivity index (χ1v) is 8.98. The van der Waals surface area contributed by atoms with Gasteiger partial charge < -0.3 is 0 Å². The Balaban J connectivity index is 1.63. The molecule has 2 amide bonds. The summed E-state index contributed by atoms with van der Waals surface area (Å²) < 4.78 is 1.54. The van der Waals surface area contributed by atoms with E-state index in [1.54, 1.807) is 28.9 Å². The van der Waals surface area contributed by atoms with Gasteiger partial charge in [-0.2, -0.15) is 4.68 Å². The van der Waals surface area contributed by atoms with E-state index in [1.807, 2.05) is 31.2 Å². The highest BCUT2D eigenvalue weighted by atomic mass is 35.5. The molecule has 0 bridgehead atoms. The number of hydrogen-bond donors (Lipinski definition) is 1. The van der Waals surface area contributed by atoms with Crippen molar-refractivity contribution in [2.24, 2.45) is 0 Å². The number of thioether (sulfide) groups is 1. The largest absolute Gasteiger partial charge is 0.292 e. The Kier molecular flexibility index (Phi) is 5.65. The zero-order valence-corrected chi connectivity index (χ0v) is 15.3. The minimum Gasteiger partial charge on any atom is -0.292 e. The zero-order chi connectivity index (χ0) is 18.5. The van der Waals surface area contributed by atoms with Gasteiger partial charge in [-0.3, -0.25) is 14.9 Å². The van der Waals surface area contributed by atoms with Crippen molar-refractivity contribution in [3.63, 3.8) is 0 Å². The molecule has 7 nitrogen and oxygen atoms in total. The number of amides is 2. The van der Waals surface area contributed by atoms with Gasteiger partial charge in [0, 0.05) is 0 Å². The molecule has 0 radical (unpaired) electrons. The molecular formula is C17H14ClN5O2S. The van der Waals surface area contributed by atoms with Gasteiger partial charge in [-0.15, -0.1) is 5.10 Å². The Bertz CT molecular complexity index is 960. The fraction of sp³-hybridized carbons (Fsp3) is 0.118. The second kappa shape index (κ2) is 8.11. The van der Waals surface area contributed by atoms with E-state index in [0.717, 1.165) is 23.0 Å². The van der Waals surface area contributed by atoms with Gasteiger partial charge in [0.25, 0.3) is 5.91 Å². The highest BCUT2D eigenvalue weighted by Gasteiger charge is 2.15. The van der Waals surface area contributed by atoms with E-state index < -0.39 is 11.8 Å². The van der Waals surface area contributed by atoms with Crippen LogP contribution in [0.1, 0.15) is 15.9 Å². The van der Waals surface area contributed by atoms with Crippen LogP contribution in [0, 0.1) is 6.92 Å². The maximum Gasteiger partial charge on any atom is 0.259 e. The molecule has 0 aliphatic carbocycles. The van der Waals surface area contributed by atoms with Crippen LogP contribution in [0.25, 0.3) is 5.69 Å². The summed E-state index contributed by atoms with van der Waals surface area (Å²) in [6, 6.07) is 14.2. The van der Waals surface area contributed by atoms with Crippen LogP contribution in [0.5, 0.6) is 0 Å². The third kappa shape index (κ3) is 4.27. The van der Waals surface area contributed by atoms with E-state index in [2.05, 4.69) is 20.8 Å². The summed E-state index contributed by atoms with van der Waals surface area (Å²) >= 11 is 7.09. The molecule has 1 N–H and O–H groups in total. The molecule has 3 rings (SSSR count). The number of aromatic nitrogens is 4. The first-order valence-electron chi connectivity index (χ1n) is 7.61. The number of carbonyl (C=O) groups is 2. The minimum atomic E-state index is -0.542. The van der Waals surface area contributed by atoms with E-state index in [-0.39, 0.29) is 16.3 Å². The van der Waals surface area contributed by atoms with Gasteiger partial charge in [0.05, 0.1) is 22.0 Å². The van der Waals surface area contributed by atoms with Crippen molar-refractivity contribution in [1.29, 1.82) is 0 Å². The van der Waals surface area contributed by atoms with Crippen LogP contribution in [0.3, 0.4) is 0 Å². The molecule has 9 heteroatoms. The second-order valence-corrected chi connectivity index (χ2v) is 6.71. The third-order valence-electron chi connectivity index (χ3n) is 3.39. The summed E-state index contributed by atoms with van der Waals surface area (Å²) in [6.07, 6.45) is 0. The predicted octanol–water partition coefficient (Wildman–Crippen LogP) is 2.67. The van der Waals surface area contributed by atoms with Gasteiger partial charge in [0.15, 0.2) is 0 Å². The van der Waals surface area contributed by atoms with Crippen molar-refractivity contribution < 1.29 is 9.59 Å². The lowest BCUT2D eigenvalue weighted by molar-refractivity contribution is -0.117. The normalized spacial score (nSPS) is 10.5. The summed E-state index contributed by atoms with van der Waals surface area (Å²) in [6.45, 7) is 1.97. The summed E-state index contributed by atoms with van der Waals surface area (Å²) in [4.78, 5) is 24.2. The topological polar surface area (TPSA) is 89.8 Å². The van der Waals surface area contributed by atoms with Crippen LogP contribution in [0.2, 0.25) is 5.02 Å². The van der Waals surface area contributed by atoms with Gasteiger partial charge in [0.2, 0.25) is 11.1 Å². The molecule has 1 heterocycles. The highest BCUT2D eigenvalue weighted by Crippen LogP contribution is 2.19. The zero-order valence-electron chi connectivity index (χ0n) is 13.7. The smallest absolute Gasteiger partial charge is 0.259 e. The van der Waals surface area contributed by atoms with Gasteiger partial charge in [-0.25, -0.2) is 0 Å². The number of hydrogen-bond acceptors (Lipinski definition) is 6. The molecule has 132 valence electrons. The molecule has 0 aliphatic heterocycles. The van der Waals surface area contributed by atoms with Crippen molar-refractivity contribution >= 4 is 35.2 Å². The molecule has 0 fully saturated rings. The van der Waals surface area contributed by atoms with Crippen LogP contribution in [-0.2, 0) is 4.79 Å². The van der Waals surface area contributed by atoms with Crippen LogP contribution < -0.4 is 5.32 Å². The summed E-state index contributed by atoms with van der Waals surface area (Å²) in [5, 5.41) is 14.6. The van der Waals surface area contributed by atoms with Crippen molar-refractivity contribution in [3.8, 4) is 5.69 Å². The van der Waals surface area contributed by atoms with E-state index in [9.17, 15) is 9.59 Å². The Morgan fingerprint density at radius 3 is 2.77 bits per heavy atom. The number of imide groups is 1. The maximum absolute atomic E-state index is 12.1. The number of carbonyl (C=O) groups excluding carboxylic acids is 2. The third-order valence-corrected chi connectivity index (χ3v) is 4.64. The molecule has 0 spiro atoms.